The van der Waals surface area contributed by atoms with E-state index in [9.17, 15) is 4.79 Å². The van der Waals surface area contributed by atoms with E-state index in [0.717, 1.165) is 22.0 Å². The van der Waals surface area contributed by atoms with Gasteiger partial charge in [0.15, 0.2) is 0 Å². The minimum atomic E-state index is -0.843. The molecule has 0 aliphatic carbocycles. The number of hydrogen-bond donors (Lipinski definition) is 1. The van der Waals surface area contributed by atoms with Crippen LogP contribution < -0.4 is 4.74 Å². The maximum Gasteiger partial charge on any atom is 0.303 e. The van der Waals surface area contributed by atoms with Crippen molar-refractivity contribution in [1.82, 2.24) is 14.6 Å². The highest BCUT2D eigenvalue weighted by Crippen LogP contribution is 2.29. The Morgan fingerprint density at radius 2 is 2.29 bits per heavy atom. The number of carbonyl (C=O) groups is 1. The van der Waals surface area contributed by atoms with Crippen LogP contribution in [0.25, 0.3) is 16.2 Å². The largest absolute Gasteiger partial charge is 0.497 e. The number of rotatable bonds is 5. The Labute approximate surface area is 124 Å². The average molecular weight is 303 g/mol. The van der Waals surface area contributed by atoms with Crippen LogP contribution in [0.2, 0.25) is 0 Å². The number of ether oxygens (including phenoxy) is 1. The van der Waals surface area contributed by atoms with E-state index in [1.165, 1.54) is 11.3 Å². The van der Waals surface area contributed by atoms with Crippen molar-refractivity contribution in [2.45, 2.75) is 12.8 Å². The van der Waals surface area contributed by atoms with Gasteiger partial charge in [-0.2, -0.15) is 0 Å². The van der Waals surface area contributed by atoms with Crippen LogP contribution in [0.15, 0.2) is 29.6 Å². The molecule has 0 radical (unpaired) electrons. The summed E-state index contributed by atoms with van der Waals surface area (Å²) >= 11 is 1.48. The molecule has 0 saturated carbocycles. The molecular weight excluding hydrogens is 290 g/mol. The molecule has 0 bridgehead atoms. The molecule has 0 unspecified atom stereocenters. The Bertz CT molecular complexity index is 794. The predicted molar refractivity (Wildman–Crippen MR) is 78.8 cm³/mol. The Kier molecular flexibility index (Phi) is 3.57. The van der Waals surface area contributed by atoms with Gasteiger partial charge >= 0.3 is 5.97 Å². The topological polar surface area (TPSA) is 76.7 Å². The number of hydrogen-bond acceptors (Lipinski definition) is 5. The average Bonchev–Trinajstić information content (AvgIpc) is 3.07. The summed E-state index contributed by atoms with van der Waals surface area (Å²) in [5, 5.41) is 19.0. The number of carboxylic acid groups (broad SMARTS) is 1. The summed E-state index contributed by atoms with van der Waals surface area (Å²) in [7, 11) is 1.62. The highest BCUT2D eigenvalue weighted by Gasteiger charge is 2.14. The van der Waals surface area contributed by atoms with Crippen LogP contribution in [0.4, 0.5) is 0 Å². The Balaban J connectivity index is 2.05. The lowest BCUT2D eigenvalue weighted by atomic mass is 10.1. The summed E-state index contributed by atoms with van der Waals surface area (Å²) in [6, 6.07) is 7.71. The zero-order valence-corrected chi connectivity index (χ0v) is 12.1. The van der Waals surface area contributed by atoms with E-state index < -0.39 is 5.97 Å². The van der Waals surface area contributed by atoms with Gasteiger partial charge in [-0.15, -0.1) is 21.5 Å². The van der Waals surface area contributed by atoms with Crippen LogP contribution in [0.1, 0.15) is 12.2 Å². The van der Waals surface area contributed by atoms with E-state index >= 15 is 0 Å². The predicted octanol–water partition coefficient (Wildman–Crippen LogP) is 2.48. The van der Waals surface area contributed by atoms with Crippen LogP contribution in [-0.2, 0) is 11.2 Å². The normalized spacial score (nSPS) is 10.9. The van der Waals surface area contributed by atoms with Crippen LogP contribution >= 0.6 is 11.3 Å². The summed E-state index contributed by atoms with van der Waals surface area (Å²) in [6.07, 6.45) is 0.387. The first-order chi connectivity index (χ1) is 10.2. The summed E-state index contributed by atoms with van der Waals surface area (Å²) in [5.41, 5.74) is 1.93. The number of carboxylic acids is 1. The monoisotopic (exact) mass is 303 g/mol. The molecule has 0 atom stereocenters. The zero-order chi connectivity index (χ0) is 14.8. The molecule has 3 rings (SSSR count). The zero-order valence-electron chi connectivity index (χ0n) is 11.3. The van der Waals surface area contributed by atoms with E-state index in [2.05, 4.69) is 10.2 Å². The van der Waals surface area contributed by atoms with Gasteiger partial charge in [-0.25, -0.2) is 0 Å². The van der Waals surface area contributed by atoms with Crippen molar-refractivity contribution in [3.8, 4) is 17.0 Å². The minimum Gasteiger partial charge on any atom is -0.497 e. The van der Waals surface area contributed by atoms with E-state index in [1.807, 2.05) is 34.0 Å². The van der Waals surface area contributed by atoms with Gasteiger partial charge < -0.3 is 9.84 Å². The number of aliphatic carboxylic acids is 1. The molecule has 0 amide bonds. The first-order valence-electron chi connectivity index (χ1n) is 6.37. The van der Waals surface area contributed by atoms with E-state index in [0.29, 0.717) is 12.2 Å². The molecule has 1 aromatic carbocycles. The van der Waals surface area contributed by atoms with E-state index in [-0.39, 0.29) is 6.42 Å². The molecule has 21 heavy (non-hydrogen) atoms. The van der Waals surface area contributed by atoms with Crippen LogP contribution in [0, 0.1) is 0 Å². The van der Waals surface area contributed by atoms with Crippen molar-refractivity contribution in [2.75, 3.05) is 7.11 Å². The number of methoxy groups -OCH3 is 1. The second-order valence-corrected chi connectivity index (χ2v) is 5.32. The van der Waals surface area contributed by atoms with Gasteiger partial charge in [-0.1, -0.05) is 12.1 Å². The molecule has 0 aliphatic heterocycles. The molecule has 0 fully saturated rings. The number of nitrogens with zero attached hydrogens (tertiary/aromatic N) is 3. The minimum absolute atomic E-state index is 0.0359. The lowest BCUT2D eigenvalue weighted by Crippen LogP contribution is -2.02. The van der Waals surface area contributed by atoms with Gasteiger partial charge in [0, 0.05) is 17.4 Å². The quantitative estimate of drug-likeness (QED) is 0.783. The fourth-order valence-corrected chi connectivity index (χ4v) is 3.00. The first kappa shape index (κ1) is 13.6. The lowest BCUT2D eigenvalue weighted by molar-refractivity contribution is -0.137. The van der Waals surface area contributed by atoms with Crippen molar-refractivity contribution in [3.05, 3.63) is 35.5 Å². The van der Waals surface area contributed by atoms with Gasteiger partial charge in [0.25, 0.3) is 0 Å². The number of benzene rings is 1. The standard InChI is InChI=1S/C14H13N3O3S/c1-20-10-4-2-3-9(7-10)11-8-21-14-16-15-12(17(11)14)5-6-13(18)19/h2-4,7-8H,5-6H2,1H3,(H,18,19). The van der Waals surface area contributed by atoms with Gasteiger partial charge in [-0.05, 0) is 12.1 Å². The fourth-order valence-electron chi connectivity index (χ4n) is 2.14. The van der Waals surface area contributed by atoms with Crippen LogP contribution in [0.3, 0.4) is 0 Å². The molecule has 0 aliphatic rings. The SMILES string of the molecule is COc1cccc(-c2csc3nnc(CCC(=O)O)n23)c1. The summed E-state index contributed by atoms with van der Waals surface area (Å²) in [5.74, 6) is 0.586. The summed E-state index contributed by atoms with van der Waals surface area (Å²) in [4.78, 5) is 11.5. The number of thiazole rings is 1. The summed E-state index contributed by atoms with van der Waals surface area (Å²) in [6.45, 7) is 0. The van der Waals surface area contributed by atoms with E-state index in [1.54, 1.807) is 7.11 Å². The third-order valence-corrected chi connectivity index (χ3v) is 3.96. The first-order valence-corrected chi connectivity index (χ1v) is 7.24. The van der Waals surface area contributed by atoms with Crippen molar-refractivity contribution in [1.29, 1.82) is 0 Å². The molecular formula is C14H13N3O3S. The highest BCUT2D eigenvalue weighted by molar-refractivity contribution is 7.15. The Morgan fingerprint density at radius 3 is 3.05 bits per heavy atom. The fraction of sp³-hybridized carbons (Fsp3) is 0.214. The van der Waals surface area contributed by atoms with Crippen LogP contribution in [-0.4, -0.2) is 32.8 Å². The second-order valence-electron chi connectivity index (χ2n) is 4.48. The molecule has 0 saturated heterocycles. The van der Waals surface area contributed by atoms with Crippen LogP contribution in [0.5, 0.6) is 5.75 Å². The van der Waals surface area contributed by atoms with Crippen molar-refractivity contribution in [3.63, 3.8) is 0 Å². The highest BCUT2D eigenvalue weighted by atomic mass is 32.1. The van der Waals surface area contributed by atoms with Crippen molar-refractivity contribution >= 4 is 22.3 Å². The number of fused-ring (bicyclic) bond motifs is 1. The molecule has 6 nitrogen and oxygen atoms in total. The van der Waals surface area contributed by atoms with Crippen molar-refractivity contribution in [2.24, 2.45) is 0 Å². The Morgan fingerprint density at radius 1 is 1.43 bits per heavy atom. The number of aromatic nitrogens is 3. The second kappa shape index (κ2) is 5.53. The molecule has 108 valence electrons. The van der Waals surface area contributed by atoms with Gasteiger partial charge in [-0.3, -0.25) is 9.20 Å². The smallest absolute Gasteiger partial charge is 0.303 e. The van der Waals surface area contributed by atoms with Gasteiger partial charge in [0.2, 0.25) is 4.96 Å². The maximum atomic E-state index is 10.7. The van der Waals surface area contributed by atoms with Gasteiger partial charge in [0.1, 0.15) is 11.6 Å². The molecule has 0 spiro atoms. The molecule has 2 aromatic heterocycles. The third kappa shape index (κ3) is 2.59. The number of aryl methyl sites for hydroxylation is 1. The van der Waals surface area contributed by atoms with Crippen molar-refractivity contribution < 1.29 is 14.6 Å². The lowest BCUT2D eigenvalue weighted by Gasteiger charge is -2.05. The summed E-state index contributed by atoms with van der Waals surface area (Å²) < 4.78 is 7.15. The third-order valence-electron chi connectivity index (χ3n) is 3.15. The Hall–Kier alpha value is -2.41. The van der Waals surface area contributed by atoms with Gasteiger partial charge in [0.05, 0.1) is 19.2 Å². The van der Waals surface area contributed by atoms with E-state index in [4.69, 9.17) is 9.84 Å². The maximum absolute atomic E-state index is 10.7. The molecule has 7 heteroatoms. The molecule has 2 heterocycles. The molecule has 1 N–H and O–H groups in total. The molecule has 3 aromatic rings.